The zero-order valence-corrected chi connectivity index (χ0v) is 20.6. The first kappa shape index (κ1) is 23.1. The Morgan fingerprint density at radius 2 is 1.91 bits per heavy atom. The predicted molar refractivity (Wildman–Crippen MR) is 138 cm³/mol. The zero-order chi connectivity index (χ0) is 22.5. The van der Waals surface area contributed by atoms with Gasteiger partial charge in [-0.05, 0) is 85.7 Å². The molecular formula is C26H33ClN4OS. The van der Waals surface area contributed by atoms with Crippen LogP contribution in [0.2, 0.25) is 5.02 Å². The standard InChI is InChI=1S/C26H33ClN4OS/c27-21-3-8-25-24(16-21)20(17-29-25)2-1-11-30-33-23-6-4-22(5-7-23)32-19-26(9-10-26)18-31-14-12-28-13-15-31/h3-8,16-17,28-30H,1-2,9-15,18-19H2. The summed E-state index contributed by atoms with van der Waals surface area (Å²) >= 11 is 7.84. The molecule has 5 rings (SSSR count). The predicted octanol–water partition coefficient (Wildman–Crippen LogP) is 5.12. The van der Waals surface area contributed by atoms with Crippen molar-refractivity contribution in [1.82, 2.24) is 19.9 Å². The van der Waals surface area contributed by atoms with Crippen molar-refractivity contribution in [1.29, 1.82) is 0 Å². The molecule has 5 nitrogen and oxygen atoms in total. The van der Waals surface area contributed by atoms with Gasteiger partial charge in [0, 0.05) is 71.7 Å². The van der Waals surface area contributed by atoms with Crippen LogP contribution in [0.4, 0.5) is 0 Å². The molecule has 3 N–H and O–H groups in total. The molecule has 0 spiro atoms. The molecule has 2 fully saturated rings. The highest BCUT2D eigenvalue weighted by Crippen LogP contribution is 2.46. The van der Waals surface area contributed by atoms with Crippen LogP contribution >= 0.6 is 23.5 Å². The van der Waals surface area contributed by atoms with Gasteiger partial charge in [-0.3, -0.25) is 4.72 Å². The van der Waals surface area contributed by atoms with E-state index in [1.165, 1.54) is 35.2 Å². The first-order valence-electron chi connectivity index (χ1n) is 12.0. The summed E-state index contributed by atoms with van der Waals surface area (Å²) in [5, 5.41) is 5.45. The number of aromatic nitrogens is 1. The van der Waals surface area contributed by atoms with E-state index < -0.39 is 0 Å². The number of fused-ring (bicyclic) bond motifs is 1. The number of nitrogens with one attached hydrogen (secondary N) is 3. The van der Waals surface area contributed by atoms with Gasteiger partial charge in [0.25, 0.3) is 0 Å². The lowest BCUT2D eigenvalue weighted by atomic mass is 10.1. The van der Waals surface area contributed by atoms with Gasteiger partial charge < -0.3 is 19.9 Å². The van der Waals surface area contributed by atoms with Crippen LogP contribution in [0.1, 0.15) is 24.8 Å². The minimum Gasteiger partial charge on any atom is -0.493 e. The Hall–Kier alpha value is -1.70. The van der Waals surface area contributed by atoms with Gasteiger partial charge in [0.2, 0.25) is 0 Å². The lowest BCUT2D eigenvalue weighted by Crippen LogP contribution is -2.46. The molecule has 1 saturated heterocycles. The fourth-order valence-electron chi connectivity index (χ4n) is 4.55. The van der Waals surface area contributed by atoms with Crippen molar-refractivity contribution in [2.75, 3.05) is 45.9 Å². The summed E-state index contributed by atoms with van der Waals surface area (Å²) in [7, 11) is 0. The highest BCUT2D eigenvalue weighted by atomic mass is 35.5. The first-order valence-corrected chi connectivity index (χ1v) is 13.2. The van der Waals surface area contributed by atoms with Crippen LogP contribution in [0.15, 0.2) is 53.6 Å². The number of hydrogen-bond acceptors (Lipinski definition) is 5. The maximum absolute atomic E-state index is 6.17. The van der Waals surface area contributed by atoms with Gasteiger partial charge in [-0.1, -0.05) is 11.6 Å². The molecule has 0 unspecified atom stereocenters. The Labute approximate surface area is 205 Å². The van der Waals surface area contributed by atoms with Gasteiger partial charge in [0.1, 0.15) is 5.75 Å². The molecule has 7 heteroatoms. The first-order chi connectivity index (χ1) is 16.2. The van der Waals surface area contributed by atoms with E-state index in [9.17, 15) is 0 Å². The smallest absolute Gasteiger partial charge is 0.119 e. The van der Waals surface area contributed by atoms with Gasteiger partial charge in [-0.25, -0.2) is 0 Å². The molecule has 2 aromatic carbocycles. The summed E-state index contributed by atoms with van der Waals surface area (Å²) in [5.41, 5.74) is 2.85. The average Bonchev–Trinajstić information content (AvgIpc) is 3.49. The molecule has 1 aliphatic heterocycles. The quantitative estimate of drug-likeness (QED) is 0.260. The maximum atomic E-state index is 6.17. The number of rotatable bonds is 11. The van der Waals surface area contributed by atoms with Gasteiger partial charge >= 0.3 is 0 Å². The van der Waals surface area contributed by atoms with E-state index in [0.717, 1.165) is 68.5 Å². The molecule has 1 saturated carbocycles. The van der Waals surface area contributed by atoms with Crippen molar-refractivity contribution >= 4 is 34.5 Å². The summed E-state index contributed by atoms with van der Waals surface area (Å²) in [4.78, 5) is 7.13. The summed E-state index contributed by atoms with van der Waals surface area (Å²) in [6.45, 7) is 7.52. The average molecular weight is 485 g/mol. The van der Waals surface area contributed by atoms with Crippen molar-refractivity contribution in [2.45, 2.75) is 30.6 Å². The summed E-state index contributed by atoms with van der Waals surface area (Å²) in [6.07, 6.45) is 6.78. The second-order valence-corrected chi connectivity index (χ2v) is 10.8. The molecule has 176 valence electrons. The van der Waals surface area contributed by atoms with E-state index in [1.54, 1.807) is 11.9 Å². The van der Waals surface area contributed by atoms with Gasteiger partial charge in [-0.2, -0.15) is 0 Å². The van der Waals surface area contributed by atoms with Crippen molar-refractivity contribution in [2.24, 2.45) is 5.41 Å². The minimum absolute atomic E-state index is 0.377. The topological polar surface area (TPSA) is 52.3 Å². The molecule has 2 heterocycles. The van der Waals surface area contributed by atoms with Gasteiger partial charge in [0.15, 0.2) is 0 Å². The lowest BCUT2D eigenvalue weighted by Gasteiger charge is -2.31. The van der Waals surface area contributed by atoms with Crippen molar-refractivity contribution in [3.05, 3.63) is 59.2 Å². The third-order valence-electron chi connectivity index (χ3n) is 6.74. The normalized spacial score (nSPS) is 18.0. The van der Waals surface area contributed by atoms with Crippen LogP contribution in [-0.2, 0) is 6.42 Å². The SMILES string of the molecule is Clc1ccc2[nH]cc(CCCNSc3ccc(OCC4(CN5CCNCC5)CC4)cc3)c2c1. The van der Waals surface area contributed by atoms with Crippen LogP contribution in [0.3, 0.4) is 0 Å². The third-order valence-corrected chi connectivity index (χ3v) is 7.83. The largest absolute Gasteiger partial charge is 0.493 e. The third kappa shape index (κ3) is 6.25. The molecule has 0 radical (unpaired) electrons. The van der Waals surface area contributed by atoms with E-state index >= 15 is 0 Å². The number of hydrogen-bond donors (Lipinski definition) is 3. The Morgan fingerprint density at radius 1 is 1.09 bits per heavy atom. The fraction of sp³-hybridized carbons (Fsp3) is 0.462. The Balaban J connectivity index is 1.01. The van der Waals surface area contributed by atoms with Crippen LogP contribution in [0.5, 0.6) is 5.75 Å². The van der Waals surface area contributed by atoms with Gasteiger partial charge in [-0.15, -0.1) is 0 Å². The number of ether oxygens (including phenoxy) is 1. The van der Waals surface area contributed by atoms with E-state index in [1.807, 2.05) is 18.2 Å². The van der Waals surface area contributed by atoms with Crippen molar-refractivity contribution < 1.29 is 4.74 Å². The number of halogens is 1. The molecule has 2 aliphatic rings. The zero-order valence-electron chi connectivity index (χ0n) is 19.0. The van der Waals surface area contributed by atoms with E-state index in [0.29, 0.717) is 5.41 Å². The lowest BCUT2D eigenvalue weighted by molar-refractivity contribution is 0.149. The Morgan fingerprint density at radius 3 is 2.70 bits per heavy atom. The molecule has 1 aromatic heterocycles. The van der Waals surface area contributed by atoms with Crippen molar-refractivity contribution in [3.8, 4) is 5.75 Å². The molecule has 3 aromatic rings. The maximum Gasteiger partial charge on any atom is 0.119 e. The number of aromatic amines is 1. The molecular weight excluding hydrogens is 452 g/mol. The van der Waals surface area contributed by atoms with Crippen LogP contribution in [0.25, 0.3) is 10.9 Å². The number of nitrogens with zero attached hydrogens (tertiary/aromatic N) is 1. The second-order valence-electron chi connectivity index (χ2n) is 9.39. The van der Waals surface area contributed by atoms with Crippen LogP contribution in [0, 0.1) is 5.41 Å². The number of H-pyrrole nitrogens is 1. The summed E-state index contributed by atoms with van der Waals surface area (Å²) in [6, 6.07) is 14.5. The van der Waals surface area contributed by atoms with Crippen molar-refractivity contribution in [3.63, 3.8) is 0 Å². The Bertz CT molecular complexity index is 1040. The second kappa shape index (κ2) is 10.7. The molecule has 0 atom stereocenters. The van der Waals surface area contributed by atoms with E-state index in [-0.39, 0.29) is 0 Å². The molecule has 1 aliphatic carbocycles. The minimum atomic E-state index is 0.377. The van der Waals surface area contributed by atoms with Crippen LogP contribution in [-0.4, -0.2) is 55.8 Å². The molecule has 33 heavy (non-hydrogen) atoms. The monoisotopic (exact) mass is 484 g/mol. The number of aryl methyl sites for hydroxylation is 1. The van der Waals surface area contributed by atoms with E-state index in [2.05, 4.69) is 50.4 Å². The van der Waals surface area contributed by atoms with Gasteiger partial charge in [0.05, 0.1) is 6.61 Å². The number of benzene rings is 2. The summed E-state index contributed by atoms with van der Waals surface area (Å²) in [5.74, 6) is 0.976. The highest BCUT2D eigenvalue weighted by molar-refractivity contribution is 7.97. The Kier molecular flexibility index (Phi) is 7.48. The highest BCUT2D eigenvalue weighted by Gasteiger charge is 2.44. The fourth-order valence-corrected chi connectivity index (χ4v) is 5.41. The van der Waals surface area contributed by atoms with Crippen LogP contribution < -0.4 is 14.8 Å². The molecule has 0 bridgehead atoms. The van der Waals surface area contributed by atoms with E-state index in [4.69, 9.17) is 16.3 Å². The molecule has 0 amide bonds. The number of piperazine rings is 1. The summed E-state index contributed by atoms with van der Waals surface area (Å²) < 4.78 is 9.66.